The van der Waals surface area contributed by atoms with Gasteiger partial charge in [-0.25, -0.2) is 14.8 Å². The van der Waals surface area contributed by atoms with Gasteiger partial charge in [0.25, 0.3) is 0 Å². The molecule has 2 amide bonds. The number of hydrogen-bond acceptors (Lipinski definition) is 5. The lowest BCUT2D eigenvalue weighted by Crippen LogP contribution is -2.31. The van der Waals surface area contributed by atoms with E-state index in [0.29, 0.717) is 23.1 Å². The zero-order valence-electron chi connectivity index (χ0n) is 14.5. The van der Waals surface area contributed by atoms with E-state index in [0.717, 1.165) is 5.69 Å². The molecule has 0 atom stereocenters. The molecule has 0 radical (unpaired) electrons. The van der Waals surface area contributed by atoms with E-state index >= 15 is 0 Å². The van der Waals surface area contributed by atoms with Crippen LogP contribution in [0.4, 0.5) is 27.8 Å². The first kappa shape index (κ1) is 17.2. The van der Waals surface area contributed by atoms with Gasteiger partial charge in [0.05, 0.1) is 7.11 Å². The van der Waals surface area contributed by atoms with E-state index in [2.05, 4.69) is 20.6 Å². The van der Waals surface area contributed by atoms with Crippen LogP contribution in [0.5, 0.6) is 5.75 Å². The van der Waals surface area contributed by atoms with Gasteiger partial charge in [-0.3, -0.25) is 4.90 Å². The zero-order valence-corrected chi connectivity index (χ0v) is 14.5. The van der Waals surface area contributed by atoms with Crippen LogP contribution in [0.1, 0.15) is 0 Å². The fraction of sp³-hybridized carbons (Fsp3) is 0.105. The number of amides is 2. The predicted molar refractivity (Wildman–Crippen MR) is 102 cm³/mol. The summed E-state index contributed by atoms with van der Waals surface area (Å²) >= 11 is 0. The van der Waals surface area contributed by atoms with Crippen LogP contribution in [0.3, 0.4) is 0 Å². The van der Waals surface area contributed by atoms with Crippen LogP contribution in [0.2, 0.25) is 0 Å². The second kappa shape index (κ2) is 7.98. The maximum Gasteiger partial charge on any atom is 0.327 e. The van der Waals surface area contributed by atoms with Gasteiger partial charge in [0, 0.05) is 30.6 Å². The van der Waals surface area contributed by atoms with Crippen LogP contribution >= 0.6 is 0 Å². The number of para-hydroxylation sites is 1. The van der Waals surface area contributed by atoms with Gasteiger partial charge in [0.15, 0.2) is 0 Å². The van der Waals surface area contributed by atoms with Crippen molar-refractivity contribution in [3.05, 3.63) is 67.0 Å². The molecule has 0 saturated heterocycles. The topological polar surface area (TPSA) is 79.4 Å². The molecule has 3 aromatic rings. The first-order chi connectivity index (χ1) is 12.7. The highest BCUT2D eigenvalue weighted by atomic mass is 16.5. The largest absolute Gasteiger partial charge is 0.497 e. The number of carbonyl (C=O) groups is 1. The van der Waals surface area contributed by atoms with Gasteiger partial charge >= 0.3 is 6.03 Å². The van der Waals surface area contributed by atoms with Crippen molar-refractivity contribution in [2.75, 3.05) is 29.7 Å². The van der Waals surface area contributed by atoms with Gasteiger partial charge in [-0.2, -0.15) is 0 Å². The number of ether oxygens (including phenoxy) is 1. The first-order valence-electron chi connectivity index (χ1n) is 7.98. The molecule has 0 aliphatic rings. The first-order valence-corrected chi connectivity index (χ1v) is 7.98. The predicted octanol–water partition coefficient (Wildman–Crippen LogP) is 3.90. The second-order valence-corrected chi connectivity index (χ2v) is 5.47. The van der Waals surface area contributed by atoms with E-state index in [4.69, 9.17) is 4.74 Å². The van der Waals surface area contributed by atoms with Crippen molar-refractivity contribution < 1.29 is 9.53 Å². The summed E-state index contributed by atoms with van der Waals surface area (Å²) in [6.45, 7) is 0. The molecule has 0 unspecified atom stereocenters. The van der Waals surface area contributed by atoms with Gasteiger partial charge in [0.2, 0.25) is 0 Å². The van der Waals surface area contributed by atoms with Crippen LogP contribution < -0.4 is 20.3 Å². The molecule has 7 heteroatoms. The summed E-state index contributed by atoms with van der Waals surface area (Å²) < 4.78 is 5.16. The number of rotatable bonds is 5. The van der Waals surface area contributed by atoms with E-state index < -0.39 is 0 Å². The van der Waals surface area contributed by atoms with Gasteiger partial charge in [-0.1, -0.05) is 24.3 Å². The molecule has 3 rings (SSSR count). The van der Waals surface area contributed by atoms with E-state index in [-0.39, 0.29) is 6.03 Å². The minimum Gasteiger partial charge on any atom is -0.497 e. The van der Waals surface area contributed by atoms with E-state index in [1.54, 1.807) is 38.4 Å². The van der Waals surface area contributed by atoms with Gasteiger partial charge < -0.3 is 15.4 Å². The Kier molecular flexibility index (Phi) is 5.28. The molecule has 26 heavy (non-hydrogen) atoms. The lowest BCUT2D eigenvalue weighted by atomic mass is 10.3. The quantitative estimate of drug-likeness (QED) is 0.730. The molecule has 7 nitrogen and oxygen atoms in total. The number of urea groups is 1. The fourth-order valence-corrected chi connectivity index (χ4v) is 2.28. The normalized spacial score (nSPS) is 10.1. The number of aromatic nitrogens is 2. The number of nitrogens with zero attached hydrogens (tertiary/aromatic N) is 3. The summed E-state index contributed by atoms with van der Waals surface area (Å²) in [5, 5.41) is 5.99. The number of anilines is 4. The lowest BCUT2D eigenvalue weighted by Gasteiger charge is -2.18. The molecular weight excluding hydrogens is 330 g/mol. The number of nitrogens with one attached hydrogen (secondary N) is 2. The van der Waals surface area contributed by atoms with Crippen LogP contribution in [0.25, 0.3) is 0 Å². The lowest BCUT2D eigenvalue weighted by molar-refractivity contribution is 0.258. The highest BCUT2D eigenvalue weighted by molar-refractivity contribution is 6.01. The summed E-state index contributed by atoms with van der Waals surface area (Å²) in [5.41, 5.74) is 1.54. The van der Waals surface area contributed by atoms with Gasteiger partial charge in [0.1, 0.15) is 23.7 Å². The Morgan fingerprint density at radius 3 is 2.54 bits per heavy atom. The van der Waals surface area contributed by atoms with E-state index in [1.165, 1.54) is 11.2 Å². The molecule has 1 aromatic heterocycles. The van der Waals surface area contributed by atoms with Crippen molar-refractivity contribution in [2.24, 2.45) is 0 Å². The Balaban J connectivity index is 1.71. The Morgan fingerprint density at radius 1 is 1.00 bits per heavy atom. The van der Waals surface area contributed by atoms with Gasteiger partial charge in [-0.15, -0.1) is 0 Å². The highest BCUT2D eigenvalue weighted by Gasteiger charge is 2.13. The van der Waals surface area contributed by atoms with Crippen molar-refractivity contribution in [1.29, 1.82) is 0 Å². The minimum absolute atomic E-state index is 0.317. The summed E-state index contributed by atoms with van der Waals surface area (Å²) in [4.78, 5) is 22.2. The molecule has 0 saturated carbocycles. The van der Waals surface area contributed by atoms with E-state index in [1.807, 2.05) is 36.4 Å². The molecule has 0 aliphatic heterocycles. The zero-order chi connectivity index (χ0) is 18.4. The number of methoxy groups -OCH3 is 1. The number of carbonyl (C=O) groups excluding carboxylic acids is 1. The Labute approximate surface area is 151 Å². The smallest absolute Gasteiger partial charge is 0.327 e. The van der Waals surface area contributed by atoms with Crippen LogP contribution in [-0.4, -0.2) is 30.2 Å². The standard InChI is InChI=1S/C19H19N5O2/c1-24(19(25)23-15-9-6-10-16(11-15)26-2)18-12-17(20-13-21-18)22-14-7-4-3-5-8-14/h3-13H,1-2H3,(H,23,25)(H,20,21,22). The Bertz CT molecular complexity index is 886. The van der Waals surface area contributed by atoms with Crippen molar-refractivity contribution in [3.8, 4) is 5.75 Å². The number of hydrogen-bond donors (Lipinski definition) is 2. The van der Waals surface area contributed by atoms with Crippen LogP contribution in [-0.2, 0) is 0 Å². The minimum atomic E-state index is -0.317. The van der Waals surface area contributed by atoms with Crippen molar-refractivity contribution in [3.63, 3.8) is 0 Å². The molecule has 132 valence electrons. The maximum absolute atomic E-state index is 12.5. The third kappa shape index (κ3) is 4.27. The second-order valence-electron chi connectivity index (χ2n) is 5.47. The molecule has 0 bridgehead atoms. The average molecular weight is 349 g/mol. The summed E-state index contributed by atoms with van der Waals surface area (Å²) in [6.07, 6.45) is 1.41. The summed E-state index contributed by atoms with van der Waals surface area (Å²) in [6, 6.07) is 18.2. The van der Waals surface area contributed by atoms with E-state index in [9.17, 15) is 4.79 Å². The molecule has 2 N–H and O–H groups in total. The summed E-state index contributed by atoms with van der Waals surface area (Å²) in [5.74, 6) is 1.74. The van der Waals surface area contributed by atoms with Crippen LogP contribution in [0.15, 0.2) is 67.0 Å². The average Bonchev–Trinajstić information content (AvgIpc) is 2.68. The molecule has 0 spiro atoms. The molecular formula is C19H19N5O2. The summed E-state index contributed by atoms with van der Waals surface area (Å²) in [7, 11) is 3.22. The molecule has 2 aromatic carbocycles. The van der Waals surface area contributed by atoms with Gasteiger partial charge in [-0.05, 0) is 24.3 Å². The highest BCUT2D eigenvalue weighted by Crippen LogP contribution is 2.20. The van der Waals surface area contributed by atoms with Crippen molar-refractivity contribution in [1.82, 2.24) is 9.97 Å². The van der Waals surface area contributed by atoms with Crippen LogP contribution in [0, 0.1) is 0 Å². The number of benzene rings is 2. The molecule has 0 fully saturated rings. The Hall–Kier alpha value is -3.61. The Morgan fingerprint density at radius 2 is 1.77 bits per heavy atom. The molecule has 1 heterocycles. The fourth-order valence-electron chi connectivity index (χ4n) is 2.28. The third-order valence-corrected chi connectivity index (χ3v) is 3.67. The monoisotopic (exact) mass is 349 g/mol. The molecule has 0 aliphatic carbocycles. The van der Waals surface area contributed by atoms with Crippen molar-refractivity contribution >= 4 is 29.0 Å². The third-order valence-electron chi connectivity index (χ3n) is 3.67. The SMILES string of the molecule is COc1cccc(NC(=O)N(C)c2cc(Nc3ccccc3)ncn2)c1. The maximum atomic E-state index is 12.5. The van der Waals surface area contributed by atoms with Crippen molar-refractivity contribution in [2.45, 2.75) is 0 Å².